The van der Waals surface area contributed by atoms with E-state index >= 15 is 0 Å². The maximum absolute atomic E-state index is 11.9. The van der Waals surface area contributed by atoms with E-state index in [0.29, 0.717) is 5.13 Å². The summed E-state index contributed by atoms with van der Waals surface area (Å²) in [6.45, 7) is 7.92. The summed E-state index contributed by atoms with van der Waals surface area (Å²) in [4.78, 5) is 33.6. The predicted octanol–water partition coefficient (Wildman–Crippen LogP) is 3.10. The Bertz CT molecular complexity index is 536. The molecule has 0 saturated carbocycles. The van der Waals surface area contributed by atoms with Gasteiger partial charge in [-0.05, 0) is 26.7 Å². The van der Waals surface area contributed by atoms with Crippen molar-refractivity contribution in [3.05, 3.63) is 10.6 Å². The van der Waals surface area contributed by atoms with Crippen LogP contribution in [0.1, 0.15) is 44.7 Å². The lowest BCUT2D eigenvalue weighted by molar-refractivity contribution is -0.157. The molecule has 6 nitrogen and oxygen atoms in total. The molecule has 0 atom stereocenters. The van der Waals surface area contributed by atoms with E-state index in [9.17, 15) is 9.59 Å². The Morgan fingerprint density at radius 2 is 1.78 bits per heavy atom. The average molecular weight is 340 g/mol. The summed E-state index contributed by atoms with van der Waals surface area (Å²) in [5, 5.41) is 0.545. The SMILES string of the molecule is CCCc1nc(N=CC(C(=O)OCC)C(=O)OCC)sc1CC. The lowest BCUT2D eigenvalue weighted by Crippen LogP contribution is -2.29. The van der Waals surface area contributed by atoms with Crippen LogP contribution >= 0.6 is 11.3 Å². The molecule has 0 spiro atoms. The molecule has 0 unspecified atom stereocenters. The normalized spacial score (nSPS) is 11.2. The van der Waals surface area contributed by atoms with Gasteiger partial charge >= 0.3 is 11.9 Å². The molecule has 0 fully saturated rings. The van der Waals surface area contributed by atoms with Crippen LogP contribution in [0.5, 0.6) is 0 Å². The lowest BCUT2D eigenvalue weighted by Gasteiger charge is -2.09. The van der Waals surface area contributed by atoms with Crippen molar-refractivity contribution < 1.29 is 19.1 Å². The molecule has 0 aliphatic carbocycles. The van der Waals surface area contributed by atoms with Crippen molar-refractivity contribution >= 4 is 34.6 Å². The van der Waals surface area contributed by atoms with Crippen molar-refractivity contribution in [1.29, 1.82) is 0 Å². The molecular weight excluding hydrogens is 316 g/mol. The number of aromatic nitrogens is 1. The number of aliphatic imine (C=N–C) groups is 1. The van der Waals surface area contributed by atoms with Gasteiger partial charge in [-0.3, -0.25) is 9.59 Å². The fraction of sp³-hybridized carbons (Fsp3) is 0.625. The topological polar surface area (TPSA) is 77.9 Å². The maximum atomic E-state index is 11.9. The van der Waals surface area contributed by atoms with Crippen LogP contribution in [0.4, 0.5) is 5.13 Å². The van der Waals surface area contributed by atoms with Gasteiger partial charge in [0.25, 0.3) is 0 Å². The van der Waals surface area contributed by atoms with E-state index in [0.717, 1.165) is 25.0 Å². The molecule has 23 heavy (non-hydrogen) atoms. The number of ether oxygens (including phenoxy) is 2. The van der Waals surface area contributed by atoms with Crippen molar-refractivity contribution in [2.45, 2.75) is 47.0 Å². The van der Waals surface area contributed by atoms with Crippen LogP contribution in [0.3, 0.4) is 0 Å². The molecule has 1 aromatic rings. The number of carbonyl (C=O) groups excluding carboxylic acids is 2. The summed E-state index contributed by atoms with van der Waals surface area (Å²) >= 11 is 1.48. The lowest BCUT2D eigenvalue weighted by atomic mass is 10.2. The Morgan fingerprint density at radius 3 is 2.26 bits per heavy atom. The fourth-order valence-electron chi connectivity index (χ4n) is 1.95. The van der Waals surface area contributed by atoms with Crippen molar-refractivity contribution in [3.63, 3.8) is 0 Å². The number of aryl methyl sites for hydroxylation is 2. The van der Waals surface area contributed by atoms with Crippen LogP contribution in [0.25, 0.3) is 0 Å². The molecule has 0 aliphatic heterocycles. The molecule has 128 valence electrons. The van der Waals surface area contributed by atoms with Crippen LogP contribution in [-0.2, 0) is 31.9 Å². The van der Waals surface area contributed by atoms with Gasteiger partial charge in [-0.15, -0.1) is 0 Å². The quantitative estimate of drug-likeness (QED) is 0.392. The minimum absolute atomic E-state index is 0.195. The zero-order valence-corrected chi connectivity index (χ0v) is 14.9. The minimum atomic E-state index is -1.15. The summed E-state index contributed by atoms with van der Waals surface area (Å²) in [7, 11) is 0. The maximum Gasteiger partial charge on any atom is 0.325 e. The molecule has 0 N–H and O–H groups in total. The number of esters is 2. The van der Waals surface area contributed by atoms with Gasteiger partial charge in [0.15, 0.2) is 5.92 Å². The summed E-state index contributed by atoms with van der Waals surface area (Å²) in [6, 6.07) is 0. The van der Waals surface area contributed by atoms with Crippen LogP contribution in [0.15, 0.2) is 4.99 Å². The predicted molar refractivity (Wildman–Crippen MR) is 90.4 cm³/mol. The van der Waals surface area contributed by atoms with Gasteiger partial charge < -0.3 is 9.47 Å². The van der Waals surface area contributed by atoms with E-state index in [4.69, 9.17) is 9.47 Å². The third kappa shape index (κ3) is 5.74. The second-order valence-electron chi connectivity index (χ2n) is 4.73. The van der Waals surface area contributed by atoms with E-state index in [2.05, 4.69) is 23.8 Å². The third-order valence-electron chi connectivity index (χ3n) is 2.99. The Hall–Kier alpha value is -1.76. The van der Waals surface area contributed by atoms with Gasteiger partial charge in [0.2, 0.25) is 5.13 Å². The standard InChI is InChI=1S/C16H24N2O4S/c1-5-9-12-13(6-2)23-16(18-12)17-10-11(14(19)21-7-3)15(20)22-8-4/h10-11H,5-9H2,1-4H3. The smallest absolute Gasteiger partial charge is 0.325 e. The van der Waals surface area contributed by atoms with Gasteiger partial charge in [-0.1, -0.05) is 31.6 Å². The number of carbonyl (C=O) groups is 2. The molecule has 0 bridgehead atoms. The zero-order chi connectivity index (χ0) is 17.2. The van der Waals surface area contributed by atoms with Crippen LogP contribution < -0.4 is 0 Å². The first-order valence-corrected chi connectivity index (χ1v) is 8.74. The summed E-state index contributed by atoms with van der Waals surface area (Å²) < 4.78 is 9.80. The largest absolute Gasteiger partial charge is 0.465 e. The number of thiazole rings is 1. The Morgan fingerprint density at radius 1 is 1.17 bits per heavy atom. The first-order valence-electron chi connectivity index (χ1n) is 7.93. The summed E-state index contributed by atoms with van der Waals surface area (Å²) in [6.07, 6.45) is 4.06. The molecule has 7 heteroatoms. The third-order valence-corrected chi connectivity index (χ3v) is 4.14. The molecule has 0 aliphatic rings. The highest BCUT2D eigenvalue weighted by atomic mass is 32.1. The van der Waals surface area contributed by atoms with E-state index in [1.165, 1.54) is 22.4 Å². The minimum Gasteiger partial charge on any atom is -0.465 e. The van der Waals surface area contributed by atoms with Crippen LogP contribution in [0, 0.1) is 5.92 Å². The van der Waals surface area contributed by atoms with Gasteiger partial charge in [0.1, 0.15) is 0 Å². The second-order valence-corrected chi connectivity index (χ2v) is 5.79. The van der Waals surface area contributed by atoms with Crippen molar-refractivity contribution in [1.82, 2.24) is 4.98 Å². The summed E-state index contributed by atoms with van der Waals surface area (Å²) in [5.41, 5.74) is 1.04. The molecule has 0 aromatic carbocycles. The molecule has 0 amide bonds. The summed E-state index contributed by atoms with van der Waals surface area (Å²) in [5.74, 6) is -2.47. The molecule has 1 rings (SSSR count). The highest BCUT2D eigenvalue weighted by molar-refractivity contribution is 7.15. The van der Waals surface area contributed by atoms with Crippen molar-refractivity contribution in [2.75, 3.05) is 13.2 Å². The second kappa shape index (κ2) is 10.1. The number of rotatable bonds is 9. The molecular formula is C16H24N2O4S. The Labute approximate surface area is 140 Å². The molecule has 0 radical (unpaired) electrons. The number of hydrogen-bond acceptors (Lipinski definition) is 7. The first kappa shape index (κ1) is 19.3. The first-order chi connectivity index (χ1) is 11.1. The zero-order valence-electron chi connectivity index (χ0n) is 14.1. The fourth-order valence-corrected chi connectivity index (χ4v) is 2.85. The van der Waals surface area contributed by atoms with E-state index in [-0.39, 0.29) is 13.2 Å². The van der Waals surface area contributed by atoms with Crippen molar-refractivity contribution in [3.8, 4) is 0 Å². The van der Waals surface area contributed by atoms with Crippen LogP contribution in [-0.4, -0.2) is 36.4 Å². The van der Waals surface area contributed by atoms with E-state index in [1.54, 1.807) is 13.8 Å². The average Bonchev–Trinajstić information content (AvgIpc) is 2.90. The molecule has 0 saturated heterocycles. The van der Waals surface area contributed by atoms with Gasteiger partial charge in [-0.25, -0.2) is 9.98 Å². The Kier molecular flexibility index (Phi) is 8.47. The molecule has 1 aromatic heterocycles. The highest BCUT2D eigenvalue weighted by Crippen LogP contribution is 2.27. The van der Waals surface area contributed by atoms with Gasteiger partial charge in [0.05, 0.1) is 18.9 Å². The number of hydrogen-bond donors (Lipinski definition) is 0. The van der Waals surface area contributed by atoms with E-state index < -0.39 is 17.9 Å². The molecule has 1 heterocycles. The van der Waals surface area contributed by atoms with E-state index in [1.807, 2.05) is 0 Å². The Balaban J connectivity index is 2.95. The van der Waals surface area contributed by atoms with Crippen LogP contribution in [0.2, 0.25) is 0 Å². The van der Waals surface area contributed by atoms with Gasteiger partial charge in [-0.2, -0.15) is 0 Å². The van der Waals surface area contributed by atoms with Gasteiger partial charge in [0, 0.05) is 11.1 Å². The monoisotopic (exact) mass is 340 g/mol. The number of nitrogens with zero attached hydrogens (tertiary/aromatic N) is 2. The highest BCUT2D eigenvalue weighted by Gasteiger charge is 2.28. The van der Waals surface area contributed by atoms with Crippen molar-refractivity contribution in [2.24, 2.45) is 10.9 Å².